The van der Waals surface area contributed by atoms with E-state index in [0.29, 0.717) is 22.2 Å². The van der Waals surface area contributed by atoms with Gasteiger partial charge in [-0.05, 0) is 30.5 Å². The predicted molar refractivity (Wildman–Crippen MR) is 73.6 cm³/mol. The van der Waals surface area contributed by atoms with Crippen molar-refractivity contribution in [2.24, 2.45) is 5.92 Å². The van der Waals surface area contributed by atoms with E-state index in [1.807, 2.05) is 0 Å². The van der Waals surface area contributed by atoms with Gasteiger partial charge in [0.1, 0.15) is 6.61 Å². The van der Waals surface area contributed by atoms with Gasteiger partial charge in [0, 0.05) is 17.2 Å². The lowest BCUT2D eigenvalue weighted by Gasteiger charge is -2.24. The van der Waals surface area contributed by atoms with Crippen molar-refractivity contribution in [2.45, 2.75) is 25.7 Å². The summed E-state index contributed by atoms with van der Waals surface area (Å²) in [6.07, 6.45) is 4.99. The fourth-order valence-corrected chi connectivity index (χ4v) is 2.38. The molecule has 0 heterocycles. The molecule has 1 aromatic carbocycles. The van der Waals surface area contributed by atoms with Crippen molar-refractivity contribution in [2.75, 3.05) is 13.2 Å². The van der Waals surface area contributed by atoms with Crippen LogP contribution in [0.2, 0.25) is 10.0 Å². The van der Waals surface area contributed by atoms with E-state index in [1.54, 1.807) is 18.2 Å². The zero-order valence-corrected chi connectivity index (χ0v) is 11.6. The molecule has 1 fully saturated rings. The van der Waals surface area contributed by atoms with Gasteiger partial charge in [-0.3, -0.25) is 4.79 Å². The first-order valence-corrected chi connectivity index (χ1v) is 6.98. The number of hydrogen-bond donors (Lipinski definition) is 0. The van der Waals surface area contributed by atoms with Crippen LogP contribution < -0.4 is 0 Å². The summed E-state index contributed by atoms with van der Waals surface area (Å²) in [6, 6.07) is 4.88. The molecule has 0 amide bonds. The van der Waals surface area contributed by atoms with Crippen LogP contribution in [0, 0.1) is 5.92 Å². The molecule has 0 aliphatic heterocycles. The maximum atomic E-state index is 11.9. The number of hydrogen-bond acceptors (Lipinski definition) is 2. The molecule has 0 bridgehead atoms. The maximum Gasteiger partial charge on any atom is 0.190 e. The van der Waals surface area contributed by atoms with Crippen molar-refractivity contribution < 1.29 is 9.53 Å². The van der Waals surface area contributed by atoms with Gasteiger partial charge in [-0.15, -0.1) is 0 Å². The minimum Gasteiger partial charge on any atom is -0.373 e. The van der Waals surface area contributed by atoms with Gasteiger partial charge in [0.15, 0.2) is 5.78 Å². The van der Waals surface area contributed by atoms with Crippen molar-refractivity contribution >= 4 is 29.0 Å². The molecule has 0 N–H and O–H groups in total. The molecule has 18 heavy (non-hydrogen) atoms. The highest BCUT2D eigenvalue weighted by Crippen LogP contribution is 2.29. The SMILES string of the molecule is O=C(COCCC1CCC1)c1cc(Cl)ccc1Cl. The largest absolute Gasteiger partial charge is 0.373 e. The third kappa shape index (κ3) is 3.71. The number of ketones is 1. The Morgan fingerprint density at radius 1 is 1.33 bits per heavy atom. The summed E-state index contributed by atoms with van der Waals surface area (Å²) in [5.74, 6) is 0.686. The molecular formula is C14H16Cl2O2. The van der Waals surface area contributed by atoms with E-state index >= 15 is 0 Å². The summed E-state index contributed by atoms with van der Waals surface area (Å²) in [6.45, 7) is 0.724. The van der Waals surface area contributed by atoms with E-state index in [-0.39, 0.29) is 12.4 Å². The summed E-state index contributed by atoms with van der Waals surface area (Å²) in [5, 5.41) is 0.934. The van der Waals surface area contributed by atoms with Crippen LogP contribution in [-0.2, 0) is 4.74 Å². The molecule has 0 aromatic heterocycles. The summed E-state index contributed by atoms with van der Waals surface area (Å²) in [5.41, 5.74) is 0.438. The predicted octanol–water partition coefficient (Wildman–Crippen LogP) is 4.38. The quantitative estimate of drug-likeness (QED) is 0.573. The number of carbonyl (C=O) groups excluding carboxylic acids is 1. The van der Waals surface area contributed by atoms with Gasteiger partial charge in [-0.25, -0.2) is 0 Å². The molecule has 2 rings (SSSR count). The fraction of sp³-hybridized carbons (Fsp3) is 0.500. The zero-order chi connectivity index (χ0) is 13.0. The van der Waals surface area contributed by atoms with Crippen LogP contribution in [0.4, 0.5) is 0 Å². The Balaban J connectivity index is 1.77. The lowest BCUT2D eigenvalue weighted by atomic mass is 9.83. The molecule has 0 saturated heterocycles. The summed E-state index contributed by atoms with van der Waals surface area (Å²) < 4.78 is 5.40. The average molecular weight is 287 g/mol. The van der Waals surface area contributed by atoms with E-state index in [1.165, 1.54) is 19.3 Å². The Kier molecular flexibility index (Phi) is 5.04. The van der Waals surface area contributed by atoms with Gasteiger partial charge in [-0.2, -0.15) is 0 Å². The molecular weight excluding hydrogens is 271 g/mol. The highest BCUT2D eigenvalue weighted by molar-refractivity contribution is 6.35. The van der Waals surface area contributed by atoms with Crippen LogP contribution >= 0.6 is 23.2 Å². The molecule has 2 nitrogen and oxygen atoms in total. The van der Waals surface area contributed by atoms with Gasteiger partial charge in [0.2, 0.25) is 0 Å². The molecule has 0 unspecified atom stereocenters. The number of rotatable bonds is 6. The summed E-state index contributed by atoms with van der Waals surface area (Å²) in [7, 11) is 0. The highest BCUT2D eigenvalue weighted by atomic mass is 35.5. The van der Waals surface area contributed by atoms with E-state index in [4.69, 9.17) is 27.9 Å². The lowest BCUT2D eigenvalue weighted by molar-refractivity contribution is 0.0705. The molecule has 0 atom stereocenters. The van der Waals surface area contributed by atoms with E-state index < -0.39 is 0 Å². The third-order valence-corrected chi connectivity index (χ3v) is 3.92. The number of carbonyl (C=O) groups is 1. The molecule has 4 heteroatoms. The third-order valence-electron chi connectivity index (χ3n) is 3.36. The van der Waals surface area contributed by atoms with E-state index in [9.17, 15) is 4.79 Å². The van der Waals surface area contributed by atoms with Gasteiger partial charge < -0.3 is 4.74 Å². The minimum absolute atomic E-state index is 0.0762. The van der Waals surface area contributed by atoms with Gasteiger partial charge in [0.25, 0.3) is 0 Å². The van der Waals surface area contributed by atoms with Crippen LogP contribution in [0.3, 0.4) is 0 Å². The smallest absolute Gasteiger partial charge is 0.190 e. The number of Topliss-reactive ketones (excluding diaryl/α,β-unsaturated/α-hetero) is 1. The number of ether oxygens (including phenoxy) is 1. The average Bonchev–Trinajstić information content (AvgIpc) is 2.29. The number of halogens is 2. The van der Waals surface area contributed by atoms with Crippen LogP contribution in [0.1, 0.15) is 36.0 Å². The molecule has 1 aliphatic rings. The van der Waals surface area contributed by atoms with E-state index in [0.717, 1.165) is 12.3 Å². The van der Waals surface area contributed by atoms with Crippen LogP contribution in [0.5, 0.6) is 0 Å². The Bertz CT molecular complexity index is 428. The Morgan fingerprint density at radius 2 is 2.11 bits per heavy atom. The van der Waals surface area contributed by atoms with Gasteiger partial charge >= 0.3 is 0 Å². The second kappa shape index (κ2) is 6.55. The lowest BCUT2D eigenvalue weighted by Crippen LogP contribution is -2.16. The van der Waals surface area contributed by atoms with E-state index in [2.05, 4.69) is 0 Å². The maximum absolute atomic E-state index is 11.9. The molecule has 1 aromatic rings. The Hall–Kier alpha value is -0.570. The van der Waals surface area contributed by atoms with Crippen molar-refractivity contribution in [1.29, 1.82) is 0 Å². The van der Waals surface area contributed by atoms with Crippen molar-refractivity contribution in [3.8, 4) is 0 Å². The van der Waals surface area contributed by atoms with Crippen molar-refractivity contribution in [3.05, 3.63) is 33.8 Å². The Labute approximate surface area is 117 Å². The van der Waals surface area contributed by atoms with Crippen LogP contribution in [0.25, 0.3) is 0 Å². The molecule has 1 saturated carbocycles. The molecule has 1 aliphatic carbocycles. The topological polar surface area (TPSA) is 26.3 Å². The first-order valence-electron chi connectivity index (χ1n) is 6.23. The monoisotopic (exact) mass is 286 g/mol. The molecule has 0 radical (unpaired) electrons. The normalized spacial score (nSPS) is 15.4. The fourth-order valence-electron chi connectivity index (χ4n) is 1.99. The molecule has 0 spiro atoms. The second-order valence-corrected chi connectivity index (χ2v) is 5.53. The molecule has 98 valence electrons. The summed E-state index contributed by atoms with van der Waals surface area (Å²) in [4.78, 5) is 11.9. The van der Waals surface area contributed by atoms with Gasteiger partial charge in [-0.1, -0.05) is 42.5 Å². The first-order chi connectivity index (χ1) is 8.66. The standard InChI is InChI=1S/C14H16Cl2O2/c15-11-4-5-13(16)12(8-11)14(17)9-18-7-6-10-2-1-3-10/h4-5,8,10H,1-3,6-7,9H2. The highest BCUT2D eigenvalue weighted by Gasteiger charge is 2.17. The van der Waals surface area contributed by atoms with Gasteiger partial charge in [0.05, 0.1) is 5.02 Å². The van der Waals surface area contributed by atoms with Crippen LogP contribution in [0.15, 0.2) is 18.2 Å². The number of benzene rings is 1. The van der Waals surface area contributed by atoms with Crippen molar-refractivity contribution in [1.82, 2.24) is 0 Å². The van der Waals surface area contributed by atoms with Crippen molar-refractivity contribution in [3.63, 3.8) is 0 Å². The zero-order valence-electron chi connectivity index (χ0n) is 10.1. The first kappa shape index (κ1) is 13.9. The Morgan fingerprint density at radius 3 is 2.78 bits per heavy atom. The van der Waals surface area contributed by atoms with Crippen LogP contribution in [-0.4, -0.2) is 19.0 Å². The summed E-state index contributed by atoms with van der Waals surface area (Å²) >= 11 is 11.8. The second-order valence-electron chi connectivity index (χ2n) is 4.69. The minimum atomic E-state index is -0.115.